The minimum absolute atomic E-state index is 0.418. The molecule has 7 heteroatoms. The van der Waals surface area contributed by atoms with Crippen LogP contribution < -0.4 is 5.73 Å². The lowest BCUT2D eigenvalue weighted by molar-refractivity contribution is 0.00578. The van der Waals surface area contributed by atoms with E-state index in [0.29, 0.717) is 17.7 Å². The van der Waals surface area contributed by atoms with Crippen molar-refractivity contribution in [3.05, 3.63) is 51.8 Å². The van der Waals surface area contributed by atoms with Crippen LogP contribution in [0.15, 0.2) is 40.9 Å². The second kappa shape index (κ2) is 6.15. The molecule has 2 aromatic rings. The highest BCUT2D eigenvalue weighted by molar-refractivity contribution is 7.13. The molecule has 3 rings (SSSR count). The molecule has 0 atom stereocenters. The lowest BCUT2D eigenvalue weighted by atomic mass is 9.82. The van der Waals surface area contributed by atoms with Crippen LogP contribution in [-0.4, -0.2) is 18.3 Å². The molecule has 0 unspecified atom stereocenters. The second-order valence-electron chi connectivity index (χ2n) is 6.79. The average molecular weight is 349 g/mol. The summed E-state index contributed by atoms with van der Waals surface area (Å²) in [4.78, 5) is 1.75. The highest BCUT2D eigenvalue weighted by atomic mass is 32.1. The second-order valence-corrected chi connectivity index (χ2v) is 7.96. The van der Waals surface area contributed by atoms with Crippen molar-refractivity contribution in [3.8, 4) is 0 Å². The van der Waals surface area contributed by atoms with Gasteiger partial charge in [-0.05, 0) is 45.9 Å². The molecule has 1 saturated heterocycles. The molecule has 0 radical (unpaired) electrons. The van der Waals surface area contributed by atoms with Gasteiger partial charge in [-0.15, -0.1) is 11.3 Å². The molecule has 128 valence electrons. The van der Waals surface area contributed by atoms with Crippen LogP contribution in [-0.2, 0) is 15.9 Å². The SMILES string of the molecule is CC1(C)OB(C(F)=C(c2ccoc2)c2ccc(CN)s2)OC1(C)C. The van der Waals surface area contributed by atoms with E-state index in [2.05, 4.69) is 0 Å². The molecule has 0 bridgehead atoms. The molecule has 3 heterocycles. The minimum atomic E-state index is -1.05. The van der Waals surface area contributed by atoms with Gasteiger partial charge in [-0.1, -0.05) is 0 Å². The van der Waals surface area contributed by atoms with Crippen molar-refractivity contribution in [2.24, 2.45) is 5.73 Å². The molecule has 2 N–H and O–H groups in total. The average Bonchev–Trinajstić information content (AvgIpc) is 3.21. The van der Waals surface area contributed by atoms with E-state index in [9.17, 15) is 0 Å². The third-order valence-electron chi connectivity index (χ3n) is 4.62. The third-order valence-corrected chi connectivity index (χ3v) is 5.74. The molecular formula is C17H21BFNO3S. The van der Waals surface area contributed by atoms with Gasteiger partial charge in [-0.2, -0.15) is 0 Å². The van der Waals surface area contributed by atoms with E-state index < -0.39 is 24.0 Å². The van der Waals surface area contributed by atoms with E-state index in [0.717, 1.165) is 9.75 Å². The molecule has 0 aliphatic carbocycles. The lowest BCUT2D eigenvalue weighted by Gasteiger charge is -2.32. The Morgan fingerprint density at radius 3 is 2.33 bits per heavy atom. The van der Waals surface area contributed by atoms with E-state index in [4.69, 9.17) is 19.5 Å². The summed E-state index contributed by atoms with van der Waals surface area (Å²) in [7, 11) is -1.05. The molecule has 2 aromatic heterocycles. The monoisotopic (exact) mass is 349 g/mol. The largest absolute Gasteiger partial charge is 0.525 e. The first-order valence-electron chi connectivity index (χ1n) is 7.82. The Hall–Kier alpha value is -1.41. The first-order valence-corrected chi connectivity index (χ1v) is 8.64. The highest BCUT2D eigenvalue weighted by Gasteiger charge is 2.53. The Kier molecular flexibility index (Phi) is 4.46. The maximum absolute atomic E-state index is 15.4. The summed E-state index contributed by atoms with van der Waals surface area (Å²) in [5.41, 5.74) is 5.09. The fraction of sp³-hybridized carbons (Fsp3) is 0.412. The Balaban J connectivity index is 2.06. The summed E-state index contributed by atoms with van der Waals surface area (Å²) in [5.74, 6) is 0. The van der Waals surface area contributed by atoms with Crippen molar-refractivity contribution in [1.29, 1.82) is 0 Å². The number of hydrogen-bond acceptors (Lipinski definition) is 5. The summed E-state index contributed by atoms with van der Waals surface area (Å²) in [5, 5.41) is 0. The van der Waals surface area contributed by atoms with Gasteiger partial charge in [0.05, 0.1) is 23.7 Å². The molecule has 1 aliphatic rings. The predicted molar refractivity (Wildman–Crippen MR) is 94.1 cm³/mol. The molecule has 0 amide bonds. The molecule has 1 aliphatic heterocycles. The van der Waals surface area contributed by atoms with Crippen molar-refractivity contribution in [2.75, 3.05) is 0 Å². The van der Waals surface area contributed by atoms with E-state index >= 15 is 4.39 Å². The van der Waals surface area contributed by atoms with Crippen molar-refractivity contribution in [3.63, 3.8) is 0 Å². The fourth-order valence-electron chi connectivity index (χ4n) is 2.49. The first-order chi connectivity index (χ1) is 11.2. The van der Waals surface area contributed by atoms with Gasteiger partial charge in [0, 0.05) is 27.4 Å². The molecule has 0 saturated carbocycles. The van der Waals surface area contributed by atoms with Crippen LogP contribution in [0.25, 0.3) is 5.57 Å². The summed E-state index contributed by atoms with van der Waals surface area (Å²) in [6, 6.07) is 5.49. The van der Waals surface area contributed by atoms with Crippen LogP contribution in [0.4, 0.5) is 4.39 Å². The lowest BCUT2D eigenvalue weighted by Crippen LogP contribution is -2.41. The van der Waals surface area contributed by atoms with Crippen molar-refractivity contribution < 1.29 is 18.1 Å². The van der Waals surface area contributed by atoms with E-state index in [1.165, 1.54) is 23.9 Å². The Bertz CT molecular complexity index is 736. The Labute approximate surface area is 145 Å². The van der Waals surface area contributed by atoms with Gasteiger partial charge in [0.15, 0.2) is 0 Å². The quantitative estimate of drug-likeness (QED) is 0.842. The van der Waals surface area contributed by atoms with Crippen molar-refractivity contribution >= 4 is 24.0 Å². The van der Waals surface area contributed by atoms with Crippen molar-refractivity contribution in [1.82, 2.24) is 0 Å². The van der Waals surface area contributed by atoms with Crippen molar-refractivity contribution in [2.45, 2.75) is 45.4 Å². The molecule has 0 aromatic carbocycles. The third kappa shape index (κ3) is 2.97. The summed E-state index contributed by atoms with van der Waals surface area (Å²) < 4.78 is 32.2. The zero-order valence-corrected chi connectivity index (χ0v) is 15.1. The molecule has 0 spiro atoms. The number of thiophene rings is 1. The molecule has 1 fully saturated rings. The van der Waals surface area contributed by atoms with Gasteiger partial charge >= 0.3 is 7.12 Å². The maximum atomic E-state index is 15.4. The maximum Gasteiger partial charge on any atom is 0.525 e. The zero-order chi connectivity index (χ0) is 17.5. The van der Waals surface area contributed by atoms with Crippen LogP contribution >= 0.6 is 11.3 Å². The standard InChI is InChI=1S/C17H21BFNO3S/c1-16(2)17(3,4)23-18(22-16)15(19)14(11-7-8-21-10-11)13-6-5-12(9-20)24-13/h5-8,10H,9,20H2,1-4H3. The summed E-state index contributed by atoms with van der Waals surface area (Å²) >= 11 is 1.45. The van der Waals surface area contributed by atoms with Crippen LogP contribution in [0.3, 0.4) is 0 Å². The molecule has 4 nitrogen and oxygen atoms in total. The molecule has 24 heavy (non-hydrogen) atoms. The van der Waals surface area contributed by atoms with E-state index in [-0.39, 0.29) is 0 Å². The number of rotatable bonds is 4. The smallest absolute Gasteiger partial charge is 0.472 e. The van der Waals surface area contributed by atoms with Gasteiger partial charge in [0.1, 0.15) is 5.73 Å². The predicted octanol–water partition coefficient (Wildman–Crippen LogP) is 4.16. The van der Waals surface area contributed by atoms with Crippen LogP contribution in [0.2, 0.25) is 0 Å². The van der Waals surface area contributed by atoms with Gasteiger partial charge in [-0.25, -0.2) is 4.39 Å². The van der Waals surface area contributed by atoms with Gasteiger partial charge in [0.25, 0.3) is 0 Å². The van der Waals surface area contributed by atoms with Gasteiger partial charge in [0.2, 0.25) is 0 Å². The number of halogens is 1. The number of furan rings is 1. The first kappa shape index (κ1) is 17.4. The summed E-state index contributed by atoms with van der Waals surface area (Å²) in [6.45, 7) is 8.01. The fourth-order valence-corrected chi connectivity index (χ4v) is 3.45. The minimum Gasteiger partial charge on any atom is -0.472 e. The normalized spacial score (nSPS) is 20.3. The van der Waals surface area contributed by atoms with Gasteiger partial charge in [-0.3, -0.25) is 0 Å². The Morgan fingerprint density at radius 2 is 1.83 bits per heavy atom. The van der Waals surface area contributed by atoms with Crippen LogP contribution in [0.5, 0.6) is 0 Å². The Morgan fingerprint density at radius 1 is 1.17 bits per heavy atom. The van der Waals surface area contributed by atoms with E-state index in [1.807, 2.05) is 39.8 Å². The number of hydrogen-bond donors (Lipinski definition) is 1. The highest BCUT2D eigenvalue weighted by Crippen LogP contribution is 2.42. The topological polar surface area (TPSA) is 57.6 Å². The summed E-state index contributed by atoms with van der Waals surface area (Å²) in [6.07, 6.45) is 3.03. The van der Waals surface area contributed by atoms with Crippen LogP contribution in [0, 0.1) is 0 Å². The molecular weight excluding hydrogens is 328 g/mol. The zero-order valence-electron chi connectivity index (χ0n) is 14.3. The number of nitrogens with two attached hydrogens (primary N) is 1. The van der Waals surface area contributed by atoms with E-state index in [1.54, 1.807) is 6.07 Å². The van der Waals surface area contributed by atoms with Gasteiger partial charge < -0.3 is 19.5 Å². The van der Waals surface area contributed by atoms with Crippen LogP contribution in [0.1, 0.15) is 43.0 Å².